The van der Waals surface area contributed by atoms with Gasteiger partial charge in [0.15, 0.2) is 0 Å². The van der Waals surface area contributed by atoms with Gasteiger partial charge in [0.05, 0.1) is 29.9 Å². The number of ether oxygens (including phenoxy) is 2. The zero-order chi connectivity index (χ0) is 19.5. The summed E-state index contributed by atoms with van der Waals surface area (Å²) < 4.78 is 13.3. The first-order chi connectivity index (χ1) is 12.2. The second-order valence-corrected chi connectivity index (χ2v) is 7.06. The van der Waals surface area contributed by atoms with Crippen LogP contribution in [0.4, 0.5) is 10.5 Å². The van der Waals surface area contributed by atoms with Gasteiger partial charge in [-0.1, -0.05) is 6.07 Å². The molecule has 0 fully saturated rings. The maximum atomic E-state index is 13.0. The summed E-state index contributed by atoms with van der Waals surface area (Å²) in [6.45, 7) is 11.8. The molecule has 1 aromatic carbocycles. The van der Waals surface area contributed by atoms with Crippen molar-refractivity contribution in [2.75, 3.05) is 31.7 Å². The Balaban J connectivity index is 2.75. The number of fused-ring (bicyclic) bond motifs is 1. The average molecular weight is 363 g/mol. The first kappa shape index (κ1) is 20.0. The summed E-state index contributed by atoms with van der Waals surface area (Å²) in [6, 6.07) is 5.60. The molecular formula is C19H29N3O4. The van der Waals surface area contributed by atoms with E-state index in [1.807, 2.05) is 12.1 Å². The molecule has 7 nitrogen and oxygen atoms in total. The normalized spacial score (nSPS) is 11.8. The maximum absolute atomic E-state index is 13.0. The fraction of sp³-hybridized carbons (Fsp3) is 0.579. The van der Waals surface area contributed by atoms with Gasteiger partial charge in [0, 0.05) is 20.2 Å². The summed E-state index contributed by atoms with van der Waals surface area (Å²) in [5, 5.41) is 0. The monoisotopic (exact) mass is 363 g/mol. The summed E-state index contributed by atoms with van der Waals surface area (Å²) in [6.07, 6.45) is -0.666. The van der Waals surface area contributed by atoms with Crippen molar-refractivity contribution in [2.24, 2.45) is 0 Å². The van der Waals surface area contributed by atoms with Crippen LogP contribution in [0.15, 0.2) is 23.0 Å². The number of rotatable bonds is 6. The lowest BCUT2D eigenvalue weighted by atomic mass is 10.2. The Bertz CT molecular complexity index is 826. The molecular weight excluding hydrogens is 334 g/mol. The van der Waals surface area contributed by atoms with Gasteiger partial charge in [-0.25, -0.2) is 9.59 Å². The molecule has 0 bridgehead atoms. The van der Waals surface area contributed by atoms with Crippen molar-refractivity contribution in [3.05, 3.63) is 28.7 Å². The lowest BCUT2D eigenvalue weighted by molar-refractivity contribution is 0.0536. The molecule has 0 amide bonds. The fourth-order valence-electron chi connectivity index (χ4n) is 2.99. The number of carbonyl (C=O) groups is 1. The minimum absolute atomic E-state index is 0.361. The lowest BCUT2D eigenvalue weighted by Gasteiger charge is -2.22. The van der Waals surface area contributed by atoms with Crippen LogP contribution in [-0.2, 0) is 16.0 Å². The highest BCUT2D eigenvalue weighted by Gasteiger charge is 2.25. The number of benzene rings is 1. The Morgan fingerprint density at radius 3 is 2.38 bits per heavy atom. The minimum Gasteiger partial charge on any atom is -0.443 e. The van der Waals surface area contributed by atoms with Crippen LogP contribution in [0.25, 0.3) is 11.0 Å². The van der Waals surface area contributed by atoms with E-state index in [1.165, 1.54) is 0 Å². The van der Waals surface area contributed by atoms with Gasteiger partial charge in [-0.2, -0.15) is 4.57 Å². The maximum Gasteiger partial charge on any atom is 0.423 e. The highest BCUT2D eigenvalue weighted by Crippen LogP contribution is 2.27. The molecule has 0 unspecified atom stereocenters. The number of hydrogen-bond acceptors (Lipinski definition) is 5. The molecule has 0 radical (unpaired) electrons. The smallest absolute Gasteiger partial charge is 0.423 e. The van der Waals surface area contributed by atoms with Gasteiger partial charge in [-0.05, 0) is 46.8 Å². The van der Waals surface area contributed by atoms with Crippen molar-refractivity contribution in [3.8, 4) is 0 Å². The van der Waals surface area contributed by atoms with Gasteiger partial charge in [0.25, 0.3) is 0 Å². The van der Waals surface area contributed by atoms with Crippen molar-refractivity contribution in [3.63, 3.8) is 0 Å². The molecule has 0 saturated carbocycles. The van der Waals surface area contributed by atoms with E-state index >= 15 is 0 Å². The van der Waals surface area contributed by atoms with Crippen molar-refractivity contribution in [1.82, 2.24) is 9.13 Å². The number of hydrogen-bond donors (Lipinski definition) is 0. The topological polar surface area (TPSA) is 65.7 Å². The molecule has 1 aromatic heterocycles. The Morgan fingerprint density at radius 1 is 1.19 bits per heavy atom. The number of para-hydroxylation sites is 1. The van der Waals surface area contributed by atoms with Gasteiger partial charge >= 0.3 is 11.8 Å². The molecule has 1 heterocycles. The van der Waals surface area contributed by atoms with Crippen LogP contribution in [0.3, 0.4) is 0 Å². The van der Waals surface area contributed by atoms with Gasteiger partial charge in [-0.15, -0.1) is 0 Å². The molecule has 0 N–H and O–H groups in total. The summed E-state index contributed by atoms with van der Waals surface area (Å²) in [5.41, 5.74) is 1.09. The van der Waals surface area contributed by atoms with Crippen molar-refractivity contribution in [1.29, 1.82) is 0 Å². The summed E-state index contributed by atoms with van der Waals surface area (Å²) in [7, 11) is 1.59. The van der Waals surface area contributed by atoms with Gasteiger partial charge in [-0.3, -0.25) is 4.57 Å². The first-order valence-corrected chi connectivity index (χ1v) is 8.96. The highest BCUT2D eigenvalue weighted by molar-refractivity contribution is 5.94. The van der Waals surface area contributed by atoms with E-state index in [4.69, 9.17) is 9.47 Å². The van der Waals surface area contributed by atoms with Crippen molar-refractivity contribution in [2.45, 2.75) is 46.8 Å². The van der Waals surface area contributed by atoms with Crippen molar-refractivity contribution < 1.29 is 14.3 Å². The largest absolute Gasteiger partial charge is 0.443 e. The predicted octanol–water partition coefficient (Wildman–Crippen LogP) is 3.08. The van der Waals surface area contributed by atoms with Crippen LogP contribution in [0, 0.1) is 0 Å². The van der Waals surface area contributed by atoms with E-state index in [1.54, 1.807) is 38.5 Å². The molecule has 26 heavy (non-hydrogen) atoms. The summed E-state index contributed by atoms with van der Waals surface area (Å²) in [4.78, 5) is 27.9. The number of methoxy groups -OCH3 is 1. The Hall–Kier alpha value is -2.28. The molecule has 0 aliphatic rings. The van der Waals surface area contributed by atoms with Gasteiger partial charge in [0.2, 0.25) is 0 Å². The zero-order valence-electron chi connectivity index (χ0n) is 16.5. The van der Waals surface area contributed by atoms with E-state index in [-0.39, 0.29) is 0 Å². The third-order valence-electron chi connectivity index (χ3n) is 4.13. The number of aromatic nitrogens is 2. The lowest BCUT2D eigenvalue weighted by Crippen LogP contribution is -2.34. The molecule has 0 spiro atoms. The summed E-state index contributed by atoms with van der Waals surface area (Å²) in [5.74, 6) is 0. The van der Waals surface area contributed by atoms with Crippen LogP contribution >= 0.6 is 0 Å². The van der Waals surface area contributed by atoms with Crippen LogP contribution in [0.1, 0.15) is 34.6 Å². The second-order valence-electron chi connectivity index (χ2n) is 7.06. The van der Waals surface area contributed by atoms with Gasteiger partial charge < -0.3 is 14.4 Å². The van der Waals surface area contributed by atoms with Crippen LogP contribution in [0.5, 0.6) is 0 Å². The van der Waals surface area contributed by atoms with E-state index in [0.29, 0.717) is 18.7 Å². The highest BCUT2D eigenvalue weighted by atomic mass is 16.6. The number of anilines is 1. The molecule has 7 heteroatoms. The van der Waals surface area contributed by atoms with Crippen LogP contribution < -0.4 is 10.6 Å². The van der Waals surface area contributed by atoms with Gasteiger partial charge in [0.1, 0.15) is 5.60 Å². The Labute approximate surface area is 154 Å². The number of imidazole rings is 1. The minimum atomic E-state index is -0.687. The zero-order valence-corrected chi connectivity index (χ0v) is 16.5. The van der Waals surface area contributed by atoms with E-state index < -0.39 is 17.4 Å². The fourth-order valence-corrected chi connectivity index (χ4v) is 2.99. The standard InChI is InChI=1S/C19H29N3O4/c1-7-20(8-2)14-10-9-11-15-16(14)21(12-13-25-6)17(23)22(15)18(24)26-19(3,4)5/h9-11H,7-8,12-13H2,1-6H3. The Morgan fingerprint density at radius 2 is 1.85 bits per heavy atom. The third-order valence-corrected chi connectivity index (χ3v) is 4.13. The van der Waals surface area contributed by atoms with Crippen LogP contribution in [0.2, 0.25) is 0 Å². The Kier molecular flexibility index (Phi) is 6.13. The van der Waals surface area contributed by atoms with E-state index in [0.717, 1.165) is 28.9 Å². The second kappa shape index (κ2) is 7.95. The number of nitrogens with zero attached hydrogens (tertiary/aromatic N) is 3. The first-order valence-electron chi connectivity index (χ1n) is 8.96. The average Bonchev–Trinajstić information content (AvgIpc) is 2.84. The molecule has 0 aliphatic heterocycles. The molecule has 0 atom stereocenters. The number of carbonyl (C=O) groups excluding carboxylic acids is 1. The summed E-state index contributed by atoms with van der Waals surface area (Å²) >= 11 is 0. The van der Waals surface area contributed by atoms with E-state index in [9.17, 15) is 9.59 Å². The SMILES string of the molecule is CCN(CC)c1cccc2c1n(CCOC)c(=O)n2C(=O)OC(C)(C)C. The molecule has 0 saturated heterocycles. The molecule has 0 aliphatic carbocycles. The molecule has 2 aromatic rings. The van der Waals surface area contributed by atoms with Crippen LogP contribution in [-0.4, -0.2) is 47.6 Å². The molecule has 2 rings (SSSR count). The van der Waals surface area contributed by atoms with E-state index in [2.05, 4.69) is 18.7 Å². The quantitative estimate of drug-likeness (QED) is 0.789. The molecule has 144 valence electrons. The van der Waals surface area contributed by atoms with Crippen molar-refractivity contribution >= 4 is 22.8 Å². The predicted molar refractivity (Wildman–Crippen MR) is 103 cm³/mol. The third kappa shape index (κ3) is 3.93.